The first-order valence-corrected chi connectivity index (χ1v) is 21.9. The van der Waals surface area contributed by atoms with Gasteiger partial charge in [0.25, 0.3) is 0 Å². The lowest BCUT2D eigenvalue weighted by molar-refractivity contribution is -0.296. The largest absolute Gasteiger partial charge is 0.459 e. The van der Waals surface area contributed by atoms with Gasteiger partial charge in [-0.25, -0.2) is 9.98 Å². The van der Waals surface area contributed by atoms with Gasteiger partial charge in [-0.2, -0.15) is 0 Å². The average molecular weight is 872 g/mol. The van der Waals surface area contributed by atoms with Crippen molar-refractivity contribution in [2.45, 2.75) is 142 Å². The van der Waals surface area contributed by atoms with Crippen molar-refractivity contribution in [3.63, 3.8) is 0 Å². The van der Waals surface area contributed by atoms with Gasteiger partial charge in [0.1, 0.15) is 35.3 Å². The Labute approximate surface area is 363 Å². The van der Waals surface area contributed by atoms with Gasteiger partial charge >= 0.3 is 5.97 Å². The Bertz CT molecular complexity index is 1920. The Morgan fingerprint density at radius 1 is 1.08 bits per heavy atom. The van der Waals surface area contributed by atoms with Crippen LogP contribution in [0.15, 0.2) is 40.5 Å². The Hall–Kier alpha value is -3.68. The lowest BCUT2D eigenvalue weighted by atomic mass is 9.73. The number of aliphatic hydroxyl groups is 2. The van der Waals surface area contributed by atoms with Crippen LogP contribution in [-0.4, -0.2) is 131 Å². The van der Waals surface area contributed by atoms with E-state index in [2.05, 4.69) is 15.1 Å². The number of aliphatic imine (C=N–C) groups is 1. The number of ketones is 1. The van der Waals surface area contributed by atoms with Crippen molar-refractivity contribution in [3.05, 3.63) is 35.2 Å². The normalized spacial score (nSPS) is 37.2. The Kier molecular flexibility index (Phi) is 16.0. The number of aliphatic hydroxyl groups excluding tert-OH is 1. The SMILES string of the molecule is CC[C@H]1OC(=O)[C@H](C)C(=O)[C@H](C)[C@@H](O[C@@H]2O[C@H](C)C[C@H](N(C)C)[C@H]2O)[C@@]2(C)C[C@@H](C)C(=NC(C)=O)[C@H](C)[C@@H](OC/C(=N/OCc3ccc(-c4cccc(N)n4)s3)CO2)[C@]1(C)O. The maximum absolute atomic E-state index is 14.5. The number of pyridine rings is 1. The molecule has 3 aliphatic heterocycles. The fraction of sp³-hybridized carbons (Fsp3) is 0.682. The first kappa shape index (κ1) is 48.4. The number of likely N-dealkylation sites (N-methyl/N-ethyl adjacent to an activating group) is 1. The summed E-state index contributed by atoms with van der Waals surface area (Å²) in [6.07, 6.45) is -5.14. The molecule has 3 saturated heterocycles. The zero-order chi connectivity index (χ0) is 45.0. The minimum absolute atomic E-state index is 0.100. The van der Waals surface area contributed by atoms with Crippen LogP contribution in [0.3, 0.4) is 0 Å². The second kappa shape index (κ2) is 20.2. The summed E-state index contributed by atoms with van der Waals surface area (Å²) in [6, 6.07) is 8.95. The molecule has 5 rings (SSSR count). The summed E-state index contributed by atoms with van der Waals surface area (Å²) in [5.74, 6) is -4.93. The van der Waals surface area contributed by atoms with Crippen molar-refractivity contribution in [2.24, 2.45) is 33.8 Å². The monoisotopic (exact) mass is 871 g/mol. The third-order valence-corrected chi connectivity index (χ3v) is 13.3. The van der Waals surface area contributed by atoms with Crippen molar-refractivity contribution in [1.82, 2.24) is 9.88 Å². The maximum atomic E-state index is 14.5. The third-order valence-electron chi connectivity index (χ3n) is 12.2. The second-order valence-corrected chi connectivity index (χ2v) is 18.7. The summed E-state index contributed by atoms with van der Waals surface area (Å²) in [6.45, 7) is 14.8. The highest BCUT2D eigenvalue weighted by Crippen LogP contribution is 2.40. The Balaban J connectivity index is 1.63. The summed E-state index contributed by atoms with van der Waals surface area (Å²) in [7, 11) is 3.73. The standard InChI is InChI=1S/C44H65N5O11S/c1-12-34-44(9,54)40-25(4)36(46-28(7)50)23(2)19-43(8,56-21-29(20-55-40)48-57-22-30-16-17-33(61-30)31-14-13-15-35(45)47-31)39(26(5)37(51)27(6)41(53)59-34)60-42-38(52)32(49(10)11)18-24(3)58-42/h13-17,23-27,32,34,38-40,42,52,54H,12,18-22H2,1-11H3,(H2,45,47)/b46-36?,48-29-/t23-,24-,25+,26+,27-,32+,34-,38-,39-,40-,42+,43-,44-/m1/s1. The van der Waals surface area contributed by atoms with E-state index in [9.17, 15) is 24.6 Å². The van der Waals surface area contributed by atoms with E-state index < -0.39 is 83.2 Å². The highest BCUT2D eigenvalue weighted by molar-refractivity contribution is 7.15. The molecule has 0 aromatic carbocycles. The number of rotatable bonds is 8. The predicted molar refractivity (Wildman–Crippen MR) is 231 cm³/mol. The number of hydrogen-bond acceptors (Lipinski definition) is 16. The number of aromatic nitrogens is 1. The lowest BCUT2D eigenvalue weighted by Crippen LogP contribution is -2.60. The molecule has 0 saturated carbocycles. The summed E-state index contributed by atoms with van der Waals surface area (Å²) in [5.41, 5.74) is 4.10. The van der Waals surface area contributed by atoms with Crippen LogP contribution >= 0.6 is 11.3 Å². The van der Waals surface area contributed by atoms with E-state index in [0.717, 1.165) is 15.4 Å². The molecule has 338 valence electrons. The number of fused-ring (bicyclic) bond motifs is 5. The number of Topliss-reactive ketones (excluding diaryl/α,β-unsaturated/α-hetero) is 1. The van der Waals surface area contributed by atoms with E-state index in [0.29, 0.717) is 23.7 Å². The number of esters is 1. The molecule has 61 heavy (non-hydrogen) atoms. The van der Waals surface area contributed by atoms with E-state index in [1.807, 2.05) is 64.0 Å². The number of oxime groups is 1. The number of amides is 1. The molecule has 17 heteroatoms. The lowest BCUT2D eigenvalue weighted by Gasteiger charge is -2.47. The molecule has 2 aromatic heterocycles. The zero-order valence-corrected chi connectivity index (χ0v) is 38.1. The van der Waals surface area contributed by atoms with Gasteiger partial charge in [0, 0.05) is 35.4 Å². The number of hydrogen-bond donors (Lipinski definition) is 3. The number of nitrogen functional groups attached to an aromatic ring is 1. The van der Waals surface area contributed by atoms with Gasteiger partial charge in [0.15, 0.2) is 18.7 Å². The molecule has 2 aromatic rings. The number of anilines is 1. The molecular weight excluding hydrogens is 807 g/mol. The van der Waals surface area contributed by atoms with Crippen molar-refractivity contribution in [2.75, 3.05) is 33.0 Å². The molecule has 1 amide bonds. The number of nitrogens with two attached hydrogens (primary N) is 1. The molecule has 0 unspecified atom stereocenters. The van der Waals surface area contributed by atoms with Crippen LogP contribution in [-0.2, 0) is 49.5 Å². The van der Waals surface area contributed by atoms with Gasteiger partial charge in [-0.1, -0.05) is 38.9 Å². The van der Waals surface area contributed by atoms with Gasteiger partial charge in [-0.05, 0) is 91.2 Å². The topological polar surface area (TPSA) is 214 Å². The first-order valence-electron chi connectivity index (χ1n) is 21.1. The molecule has 0 aliphatic carbocycles. The van der Waals surface area contributed by atoms with E-state index in [4.69, 9.17) is 34.3 Å². The van der Waals surface area contributed by atoms with Gasteiger partial charge in [0.2, 0.25) is 5.91 Å². The van der Waals surface area contributed by atoms with Crippen LogP contribution < -0.4 is 5.73 Å². The summed E-state index contributed by atoms with van der Waals surface area (Å²) in [4.78, 5) is 59.8. The smallest absolute Gasteiger partial charge is 0.316 e. The number of carbonyl (C=O) groups is 3. The van der Waals surface area contributed by atoms with Crippen LogP contribution in [0.5, 0.6) is 0 Å². The molecule has 3 aliphatic rings. The van der Waals surface area contributed by atoms with Crippen LogP contribution in [0.1, 0.15) is 86.5 Å². The second-order valence-electron chi connectivity index (χ2n) is 17.5. The highest BCUT2D eigenvalue weighted by atomic mass is 32.1. The maximum Gasteiger partial charge on any atom is 0.316 e. The Morgan fingerprint density at radius 3 is 2.46 bits per heavy atom. The molecule has 0 spiro atoms. The molecule has 13 atom stereocenters. The van der Waals surface area contributed by atoms with Crippen LogP contribution in [0, 0.1) is 23.7 Å². The van der Waals surface area contributed by atoms with Crippen LogP contribution in [0.2, 0.25) is 0 Å². The summed E-state index contributed by atoms with van der Waals surface area (Å²) < 4.78 is 32.5. The molecule has 5 heterocycles. The number of nitrogens with zero attached hydrogens (tertiary/aromatic N) is 4. The minimum atomic E-state index is -1.86. The van der Waals surface area contributed by atoms with E-state index in [1.54, 1.807) is 26.8 Å². The van der Waals surface area contributed by atoms with Gasteiger partial charge < -0.3 is 49.4 Å². The van der Waals surface area contributed by atoms with Gasteiger partial charge in [-0.3, -0.25) is 14.4 Å². The number of thiophene rings is 1. The van der Waals surface area contributed by atoms with Gasteiger partial charge in [-0.15, -0.1) is 11.3 Å². The first-order chi connectivity index (χ1) is 28.7. The Morgan fingerprint density at radius 2 is 1.80 bits per heavy atom. The van der Waals surface area contributed by atoms with Crippen molar-refractivity contribution >= 4 is 46.2 Å². The highest BCUT2D eigenvalue weighted by Gasteiger charge is 2.53. The van der Waals surface area contributed by atoms with Crippen molar-refractivity contribution in [3.8, 4) is 10.6 Å². The number of cyclic esters (lactones) is 1. The zero-order valence-electron chi connectivity index (χ0n) is 37.3. The van der Waals surface area contributed by atoms with Crippen molar-refractivity contribution < 1.29 is 53.1 Å². The molecule has 3 fully saturated rings. The fourth-order valence-corrected chi connectivity index (χ4v) is 9.86. The van der Waals surface area contributed by atoms with Gasteiger partial charge in [0.05, 0.1) is 47.7 Å². The fourth-order valence-electron chi connectivity index (χ4n) is 8.98. The quantitative estimate of drug-likeness (QED) is 0.184. The van der Waals surface area contributed by atoms with Crippen LogP contribution in [0.4, 0.5) is 5.82 Å². The predicted octanol–water partition coefficient (Wildman–Crippen LogP) is 4.83. The molecular formula is C44H65N5O11S. The summed E-state index contributed by atoms with van der Waals surface area (Å²) in [5, 5.41) is 28.6. The summed E-state index contributed by atoms with van der Waals surface area (Å²) >= 11 is 1.48. The van der Waals surface area contributed by atoms with E-state index in [1.165, 1.54) is 32.1 Å². The third kappa shape index (κ3) is 11.3. The van der Waals surface area contributed by atoms with E-state index >= 15 is 0 Å². The van der Waals surface area contributed by atoms with E-state index in [-0.39, 0.29) is 44.8 Å². The molecule has 16 nitrogen and oxygen atoms in total. The number of ether oxygens (including phenoxy) is 5. The number of carbonyl (C=O) groups excluding carboxylic acids is 3. The molecule has 0 radical (unpaired) electrons. The molecule has 4 N–H and O–H groups in total. The average Bonchev–Trinajstić information content (AvgIpc) is 3.67. The minimum Gasteiger partial charge on any atom is -0.459 e. The molecule has 2 bridgehead atoms. The van der Waals surface area contributed by atoms with Crippen molar-refractivity contribution in [1.29, 1.82) is 0 Å². The van der Waals surface area contributed by atoms with Crippen LogP contribution in [0.25, 0.3) is 10.6 Å².